The normalized spacial score (nSPS) is 10.7. The van der Waals surface area contributed by atoms with Crippen LogP contribution < -0.4 is 10.1 Å². The van der Waals surface area contributed by atoms with Crippen molar-refractivity contribution in [1.29, 1.82) is 0 Å². The van der Waals surface area contributed by atoms with Gasteiger partial charge in [-0.2, -0.15) is 0 Å². The molecule has 0 unspecified atom stereocenters. The molecule has 0 bridgehead atoms. The number of hydrogen-bond acceptors (Lipinski definition) is 3. The summed E-state index contributed by atoms with van der Waals surface area (Å²) in [6, 6.07) is 4.17. The van der Waals surface area contributed by atoms with E-state index in [2.05, 4.69) is 43.7 Å². The van der Waals surface area contributed by atoms with E-state index in [9.17, 15) is 0 Å². The van der Waals surface area contributed by atoms with Gasteiger partial charge in [0, 0.05) is 18.3 Å². The average molecular weight is 262 g/mol. The van der Waals surface area contributed by atoms with Gasteiger partial charge in [0.2, 0.25) is 5.88 Å². The Morgan fingerprint density at radius 2 is 2.21 bits per heavy atom. The standard InChI is InChI=1S/C16H26N2O/c1-5-7-15-9-14(12-17-11-13(3)4)10-16(18-15)19-8-6-2/h6,9-10,13,17H,2,5,7-8,11-12H2,1,3-4H3. The minimum absolute atomic E-state index is 0.501. The van der Waals surface area contributed by atoms with E-state index in [4.69, 9.17) is 4.74 Å². The molecular weight excluding hydrogens is 236 g/mol. The molecule has 0 amide bonds. The minimum Gasteiger partial charge on any atom is -0.473 e. The number of aryl methyl sites for hydroxylation is 1. The summed E-state index contributed by atoms with van der Waals surface area (Å²) in [6.45, 7) is 12.6. The topological polar surface area (TPSA) is 34.1 Å². The fourth-order valence-electron chi connectivity index (χ4n) is 1.83. The third-order valence-corrected chi connectivity index (χ3v) is 2.65. The maximum Gasteiger partial charge on any atom is 0.214 e. The van der Waals surface area contributed by atoms with E-state index in [1.54, 1.807) is 6.08 Å². The molecule has 0 aliphatic carbocycles. The predicted octanol–water partition coefficient (Wildman–Crippen LogP) is 3.34. The van der Waals surface area contributed by atoms with Crippen molar-refractivity contribution < 1.29 is 4.74 Å². The quantitative estimate of drug-likeness (QED) is 0.693. The van der Waals surface area contributed by atoms with Crippen LogP contribution in [0.5, 0.6) is 5.88 Å². The highest BCUT2D eigenvalue weighted by atomic mass is 16.5. The predicted molar refractivity (Wildman–Crippen MR) is 80.5 cm³/mol. The van der Waals surface area contributed by atoms with E-state index in [0.29, 0.717) is 18.4 Å². The summed E-state index contributed by atoms with van der Waals surface area (Å²) < 4.78 is 5.55. The fraction of sp³-hybridized carbons (Fsp3) is 0.562. The van der Waals surface area contributed by atoms with Gasteiger partial charge in [-0.3, -0.25) is 0 Å². The van der Waals surface area contributed by atoms with Crippen LogP contribution in [-0.2, 0) is 13.0 Å². The highest BCUT2D eigenvalue weighted by Gasteiger charge is 2.04. The van der Waals surface area contributed by atoms with Crippen molar-refractivity contribution in [3.63, 3.8) is 0 Å². The van der Waals surface area contributed by atoms with Gasteiger partial charge < -0.3 is 10.1 Å². The number of hydrogen-bond donors (Lipinski definition) is 1. The molecule has 0 aromatic carbocycles. The molecule has 106 valence electrons. The lowest BCUT2D eigenvalue weighted by atomic mass is 10.1. The summed E-state index contributed by atoms with van der Waals surface area (Å²) in [5, 5.41) is 3.45. The molecule has 1 aromatic rings. The smallest absolute Gasteiger partial charge is 0.214 e. The van der Waals surface area contributed by atoms with Crippen LogP contribution in [0.1, 0.15) is 38.4 Å². The molecule has 0 atom stereocenters. The number of nitrogens with one attached hydrogen (secondary N) is 1. The van der Waals surface area contributed by atoms with Crippen LogP contribution in [0.15, 0.2) is 24.8 Å². The Labute approximate surface area is 117 Å². The van der Waals surface area contributed by atoms with Crippen molar-refractivity contribution in [3.05, 3.63) is 36.0 Å². The van der Waals surface area contributed by atoms with Gasteiger partial charge in [-0.15, -0.1) is 0 Å². The molecule has 0 saturated heterocycles. The molecule has 3 heteroatoms. The number of nitrogens with zero attached hydrogens (tertiary/aromatic N) is 1. The van der Waals surface area contributed by atoms with Gasteiger partial charge in [0.15, 0.2) is 0 Å². The van der Waals surface area contributed by atoms with E-state index in [1.807, 2.05) is 6.07 Å². The third kappa shape index (κ3) is 6.39. The Morgan fingerprint density at radius 3 is 2.84 bits per heavy atom. The molecule has 0 fully saturated rings. The van der Waals surface area contributed by atoms with Crippen molar-refractivity contribution in [3.8, 4) is 5.88 Å². The zero-order valence-electron chi connectivity index (χ0n) is 12.4. The number of rotatable bonds is 9. The maximum atomic E-state index is 5.55. The molecule has 19 heavy (non-hydrogen) atoms. The average Bonchev–Trinajstić information content (AvgIpc) is 2.36. The van der Waals surface area contributed by atoms with Gasteiger partial charge in [0.05, 0.1) is 0 Å². The van der Waals surface area contributed by atoms with E-state index in [-0.39, 0.29) is 0 Å². The Morgan fingerprint density at radius 1 is 1.42 bits per heavy atom. The zero-order chi connectivity index (χ0) is 14.1. The lowest BCUT2D eigenvalue weighted by molar-refractivity contribution is 0.347. The van der Waals surface area contributed by atoms with Gasteiger partial charge in [0.25, 0.3) is 0 Å². The Bertz CT molecular complexity index is 388. The zero-order valence-corrected chi connectivity index (χ0v) is 12.4. The van der Waals surface area contributed by atoms with Crippen LogP contribution in [-0.4, -0.2) is 18.1 Å². The van der Waals surface area contributed by atoms with E-state index in [1.165, 1.54) is 5.56 Å². The summed E-state index contributed by atoms with van der Waals surface area (Å²) in [7, 11) is 0. The van der Waals surface area contributed by atoms with E-state index < -0.39 is 0 Å². The summed E-state index contributed by atoms with van der Waals surface area (Å²) in [4.78, 5) is 4.51. The second kappa shape index (κ2) is 8.70. The molecule has 3 nitrogen and oxygen atoms in total. The third-order valence-electron chi connectivity index (χ3n) is 2.65. The Balaban J connectivity index is 2.71. The Kier molecular flexibility index (Phi) is 7.19. The SMILES string of the molecule is C=CCOc1cc(CNCC(C)C)cc(CCC)n1. The Hall–Kier alpha value is -1.35. The summed E-state index contributed by atoms with van der Waals surface area (Å²) in [5.74, 6) is 1.36. The second-order valence-electron chi connectivity index (χ2n) is 5.18. The maximum absolute atomic E-state index is 5.55. The van der Waals surface area contributed by atoms with Crippen molar-refractivity contribution >= 4 is 0 Å². The molecule has 0 aliphatic heterocycles. The summed E-state index contributed by atoms with van der Waals surface area (Å²) in [6.07, 6.45) is 3.82. The van der Waals surface area contributed by atoms with Gasteiger partial charge in [-0.05, 0) is 30.5 Å². The first-order valence-corrected chi connectivity index (χ1v) is 7.10. The molecule has 1 rings (SSSR count). The molecule has 1 N–H and O–H groups in total. The first-order valence-electron chi connectivity index (χ1n) is 7.10. The molecule has 1 aromatic heterocycles. The van der Waals surface area contributed by atoms with E-state index >= 15 is 0 Å². The largest absolute Gasteiger partial charge is 0.473 e. The molecule has 1 heterocycles. The van der Waals surface area contributed by atoms with Crippen molar-refractivity contribution in [2.75, 3.05) is 13.2 Å². The highest BCUT2D eigenvalue weighted by molar-refractivity contribution is 5.25. The van der Waals surface area contributed by atoms with Gasteiger partial charge >= 0.3 is 0 Å². The lowest BCUT2D eigenvalue weighted by Gasteiger charge is -2.11. The molecule has 0 spiro atoms. The minimum atomic E-state index is 0.501. The summed E-state index contributed by atoms with van der Waals surface area (Å²) >= 11 is 0. The first-order chi connectivity index (χ1) is 9.15. The van der Waals surface area contributed by atoms with Crippen LogP contribution in [0.4, 0.5) is 0 Å². The molecule has 0 aliphatic rings. The highest BCUT2D eigenvalue weighted by Crippen LogP contribution is 2.14. The second-order valence-corrected chi connectivity index (χ2v) is 5.18. The van der Waals surface area contributed by atoms with Crippen molar-refractivity contribution in [2.24, 2.45) is 5.92 Å². The number of ether oxygens (including phenoxy) is 1. The molecule has 0 saturated carbocycles. The van der Waals surface area contributed by atoms with Crippen LogP contribution in [0.3, 0.4) is 0 Å². The molecule has 0 radical (unpaired) electrons. The molecular formula is C16H26N2O. The van der Waals surface area contributed by atoms with Gasteiger partial charge in [-0.25, -0.2) is 4.98 Å². The summed E-state index contributed by atoms with van der Waals surface area (Å²) in [5.41, 5.74) is 2.34. The number of aromatic nitrogens is 1. The van der Waals surface area contributed by atoms with Crippen LogP contribution in [0, 0.1) is 5.92 Å². The lowest BCUT2D eigenvalue weighted by Crippen LogP contribution is -2.19. The monoisotopic (exact) mass is 262 g/mol. The van der Waals surface area contributed by atoms with Gasteiger partial charge in [-0.1, -0.05) is 39.8 Å². The van der Waals surface area contributed by atoms with Crippen molar-refractivity contribution in [1.82, 2.24) is 10.3 Å². The van der Waals surface area contributed by atoms with Crippen molar-refractivity contribution in [2.45, 2.75) is 40.2 Å². The first kappa shape index (κ1) is 15.7. The fourth-order valence-corrected chi connectivity index (χ4v) is 1.83. The van der Waals surface area contributed by atoms with Crippen LogP contribution >= 0.6 is 0 Å². The van der Waals surface area contributed by atoms with Crippen LogP contribution in [0.2, 0.25) is 0 Å². The number of pyridine rings is 1. The van der Waals surface area contributed by atoms with E-state index in [0.717, 1.165) is 31.6 Å². The van der Waals surface area contributed by atoms with Gasteiger partial charge in [0.1, 0.15) is 6.61 Å². The van der Waals surface area contributed by atoms with Crippen LogP contribution in [0.25, 0.3) is 0 Å².